The van der Waals surface area contributed by atoms with Crippen molar-refractivity contribution >= 4 is 0 Å². The van der Waals surface area contributed by atoms with E-state index in [0.717, 1.165) is 6.07 Å². The van der Waals surface area contributed by atoms with Gasteiger partial charge in [0.15, 0.2) is 6.29 Å². The molecule has 0 radical (unpaired) electrons. The van der Waals surface area contributed by atoms with Crippen LogP contribution in [0.4, 0.5) is 8.78 Å². The zero-order chi connectivity index (χ0) is 12.1. The van der Waals surface area contributed by atoms with E-state index in [-0.39, 0.29) is 0 Å². The predicted molar refractivity (Wildman–Crippen MR) is 54.2 cm³/mol. The van der Waals surface area contributed by atoms with Gasteiger partial charge in [0.2, 0.25) is 0 Å². The smallest absolute Gasteiger partial charge is 0.177 e. The Balaban J connectivity index is 3.02. The van der Waals surface area contributed by atoms with E-state index in [1.54, 1.807) is 0 Å². The zero-order valence-electron chi connectivity index (χ0n) is 9.04. The number of hydrogen-bond donors (Lipinski definition) is 2. The Hall–Kier alpha value is -1.08. The summed E-state index contributed by atoms with van der Waals surface area (Å²) in [6.07, 6.45) is -0.730. The van der Waals surface area contributed by atoms with Crippen molar-refractivity contribution in [2.24, 2.45) is 5.84 Å². The molecular formula is C10H14F2N2O2. The molecule has 0 aliphatic heterocycles. The third-order valence-corrected chi connectivity index (χ3v) is 2.16. The molecular weight excluding hydrogens is 218 g/mol. The molecule has 1 aromatic rings. The summed E-state index contributed by atoms with van der Waals surface area (Å²) >= 11 is 0. The van der Waals surface area contributed by atoms with E-state index in [1.807, 2.05) is 0 Å². The summed E-state index contributed by atoms with van der Waals surface area (Å²) in [5.74, 6) is 3.94. The molecule has 90 valence electrons. The van der Waals surface area contributed by atoms with Crippen molar-refractivity contribution in [2.75, 3.05) is 14.2 Å². The molecule has 6 heteroatoms. The summed E-state index contributed by atoms with van der Waals surface area (Å²) in [5, 5.41) is 0. The topological polar surface area (TPSA) is 56.5 Å². The summed E-state index contributed by atoms with van der Waals surface area (Å²) < 4.78 is 36.0. The highest BCUT2D eigenvalue weighted by Crippen LogP contribution is 2.20. The molecule has 0 fully saturated rings. The Morgan fingerprint density at radius 2 is 1.62 bits per heavy atom. The van der Waals surface area contributed by atoms with E-state index >= 15 is 0 Å². The Labute approximate surface area is 92.3 Å². The van der Waals surface area contributed by atoms with Crippen LogP contribution in [-0.2, 0) is 9.47 Å². The lowest BCUT2D eigenvalue weighted by Gasteiger charge is -2.24. The Bertz CT molecular complexity index is 325. The number of nitrogens with one attached hydrogen (secondary N) is 1. The van der Waals surface area contributed by atoms with Gasteiger partial charge in [0, 0.05) is 20.3 Å². The molecule has 3 N–H and O–H groups in total. The minimum absolute atomic E-state index is 0.314. The van der Waals surface area contributed by atoms with Crippen molar-refractivity contribution in [1.82, 2.24) is 5.43 Å². The third kappa shape index (κ3) is 2.96. The highest BCUT2D eigenvalue weighted by atomic mass is 19.1. The van der Waals surface area contributed by atoms with E-state index in [2.05, 4.69) is 5.43 Å². The first-order valence-corrected chi connectivity index (χ1v) is 4.60. The normalized spacial score (nSPS) is 13.1. The Morgan fingerprint density at radius 1 is 1.12 bits per heavy atom. The van der Waals surface area contributed by atoms with Crippen molar-refractivity contribution < 1.29 is 18.3 Å². The summed E-state index contributed by atoms with van der Waals surface area (Å²) in [5.41, 5.74) is 2.70. The van der Waals surface area contributed by atoms with Crippen LogP contribution in [0.2, 0.25) is 0 Å². The molecule has 1 aromatic carbocycles. The second kappa shape index (κ2) is 5.86. The molecule has 1 unspecified atom stereocenters. The number of benzene rings is 1. The molecule has 1 rings (SSSR count). The summed E-state index contributed by atoms with van der Waals surface area (Å²) in [4.78, 5) is 0. The maximum atomic E-state index is 13.0. The minimum Gasteiger partial charge on any atom is -0.354 e. The number of nitrogens with two attached hydrogens (primary N) is 1. The van der Waals surface area contributed by atoms with Gasteiger partial charge in [-0.3, -0.25) is 5.84 Å². The van der Waals surface area contributed by atoms with Gasteiger partial charge in [0.05, 0.1) is 6.04 Å². The van der Waals surface area contributed by atoms with Crippen molar-refractivity contribution in [3.63, 3.8) is 0 Å². The van der Waals surface area contributed by atoms with Crippen LogP contribution < -0.4 is 11.3 Å². The molecule has 1 atom stereocenters. The minimum atomic E-state index is -0.730. The van der Waals surface area contributed by atoms with E-state index in [4.69, 9.17) is 15.3 Å². The average molecular weight is 232 g/mol. The van der Waals surface area contributed by atoms with Crippen LogP contribution in [0.3, 0.4) is 0 Å². The summed E-state index contributed by atoms with van der Waals surface area (Å²) in [6.45, 7) is 0. The van der Waals surface area contributed by atoms with Crippen molar-refractivity contribution in [3.05, 3.63) is 35.4 Å². The number of methoxy groups -OCH3 is 2. The highest BCUT2D eigenvalue weighted by Gasteiger charge is 2.22. The first kappa shape index (κ1) is 13.0. The third-order valence-electron chi connectivity index (χ3n) is 2.16. The van der Waals surface area contributed by atoms with Crippen LogP contribution in [0.15, 0.2) is 18.2 Å². The van der Waals surface area contributed by atoms with Gasteiger partial charge in [-0.2, -0.15) is 0 Å². The van der Waals surface area contributed by atoms with Gasteiger partial charge >= 0.3 is 0 Å². The maximum Gasteiger partial charge on any atom is 0.177 e. The number of ether oxygens (including phenoxy) is 2. The molecule has 16 heavy (non-hydrogen) atoms. The summed E-state index contributed by atoms with van der Waals surface area (Å²) in [6, 6.07) is 2.46. The predicted octanol–water partition coefficient (Wildman–Crippen LogP) is 1.09. The van der Waals surface area contributed by atoms with E-state index in [1.165, 1.54) is 26.4 Å². The second-order valence-electron chi connectivity index (χ2n) is 3.19. The van der Waals surface area contributed by atoms with Crippen LogP contribution in [0.25, 0.3) is 0 Å². The molecule has 0 spiro atoms. The average Bonchev–Trinajstić information content (AvgIpc) is 2.24. The van der Waals surface area contributed by atoms with E-state index in [9.17, 15) is 8.78 Å². The van der Waals surface area contributed by atoms with Gasteiger partial charge < -0.3 is 9.47 Å². The lowest BCUT2D eigenvalue weighted by Crippen LogP contribution is -2.38. The second-order valence-corrected chi connectivity index (χ2v) is 3.19. The van der Waals surface area contributed by atoms with Gasteiger partial charge in [-0.05, 0) is 17.7 Å². The van der Waals surface area contributed by atoms with Crippen molar-refractivity contribution in [3.8, 4) is 0 Å². The van der Waals surface area contributed by atoms with Crippen LogP contribution in [0, 0.1) is 11.6 Å². The van der Waals surface area contributed by atoms with Crippen LogP contribution in [0.1, 0.15) is 11.6 Å². The molecule has 0 aromatic heterocycles. The lowest BCUT2D eigenvalue weighted by molar-refractivity contribution is -0.124. The van der Waals surface area contributed by atoms with Gasteiger partial charge in [0.1, 0.15) is 11.6 Å². The van der Waals surface area contributed by atoms with E-state index < -0.39 is 24.0 Å². The van der Waals surface area contributed by atoms with Gasteiger partial charge in [0.25, 0.3) is 0 Å². The SMILES string of the molecule is COC(OC)C(NN)c1cc(F)cc(F)c1. The molecule has 0 saturated heterocycles. The first-order valence-electron chi connectivity index (χ1n) is 4.60. The fourth-order valence-electron chi connectivity index (χ4n) is 1.46. The first-order chi connectivity index (χ1) is 7.62. The molecule has 0 saturated carbocycles. The number of hydrogen-bond acceptors (Lipinski definition) is 4. The van der Waals surface area contributed by atoms with Crippen molar-refractivity contribution in [2.45, 2.75) is 12.3 Å². The van der Waals surface area contributed by atoms with Gasteiger partial charge in [-0.25, -0.2) is 14.2 Å². The van der Waals surface area contributed by atoms with Gasteiger partial charge in [-0.15, -0.1) is 0 Å². The molecule has 0 bridgehead atoms. The highest BCUT2D eigenvalue weighted by molar-refractivity contribution is 5.21. The molecule has 0 aliphatic rings. The fourth-order valence-corrected chi connectivity index (χ4v) is 1.46. The van der Waals surface area contributed by atoms with Crippen LogP contribution in [-0.4, -0.2) is 20.5 Å². The molecule has 0 heterocycles. The monoisotopic (exact) mass is 232 g/mol. The molecule has 0 amide bonds. The number of hydrazine groups is 1. The Kier molecular flexibility index (Phi) is 4.75. The fraction of sp³-hybridized carbons (Fsp3) is 0.400. The number of rotatable bonds is 5. The van der Waals surface area contributed by atoms with E-state index in [0.29, 0.717) is 5.56 Å². The van der Waals surface area contributed by atoms with Crippen LogP contribution >= 0.6 is 0 Å². The lowest BCUT2D eigenvalue weighted by atomic mass is 10.1. The standard InChI is InChI=1S/C10H14F2N2O2/c1-15-10(16-2)9(14-13)6-3-7(11)5-8(12)4-6/h3-5,9-10,14H,13H2,1-2H3. The quantitative estimate of drug-likeness (QED) is 0.453. The largest absolute Gasteiger partial charge is 0.354 e. The van der Waals surface area contributed by atoms with Gasteiger partial charge in [-0.1, -0.05) is 0 Å². The maximum absolute atomic E-state index is 13.0. The number of halogens is 2. The summed E-state index contributed by atoms with van der Waals surface area (Å²) in [7, 11) is 2.82. The zero-order valence-corrected chi connectivity index (χ0v) is 9.04. The molecule has 0 aliphatic carbocycles. The Morgan fingerprint density at radius 3 is 2.00 bits per heavy atom. The molecule has 4 nitrogen and oxygen atoms in total. The van der Waals surface area contributed by atoms with Crippen molar-refractivity contribution in [1.29, 1.82) is 0 Å². The van der Waals surface area contributed by atoms with Crippen LogP contribution in [0.5, 0.6) is 0 Å².